The Morgan fingerprint density at radius 2 is 1.88 bits per heavy atom. The molecule has 0 spiro atoms. The molecule has 34 heavy (non-hydrogen) atoms. The third-order valence-electron chi connectivity index (χ3n) is 5.18. The summed E-state index contributed by atoms with van der Waals surface area (Å²) in [6.45, 7) is 1.98. The van der Waals surface area contributed by atoms with Gasteiger partial charge in [-0.3, -0.25) is 9.69 Å². The normalized spacial score (nSPS) is 14.9. The molecule has 0 radical (unpaired) electrons. The average Bonchev–Trinajstić information content (AvgIpc) is 3.11. The molecule has 4 aromatic rings. The molecule has 0 atom stereocenters. The van der Waals surface area contributed by atoms with Crippen LogP contribution in [0.2, 0.25) is 5.28 Å². The highest BCUT2D eigenvalue weighted by Gasteiger charge is 2.33. The number of thiocarbonyl (C=S) groups is 1. The summed E-state index contributed by atoms with van der Waals surface area (Å²) in [6, 6.07) is 18.7. The average molecular weight is 508 g/mol. The van der Waals surface area contributed by atoms with E-state index in [1.807, 2.05) is 61.5 Å². The zero-order valence-electron chi connectivity index (χ0n) is 17.7. The minimum Gasteiger partial charge on any atom is -0.436 e. The number of carbonyl (C=O) groups is 1. The van der Waals surface area contributed by atoms with Crippen molar-refractivity contribution in [3.8, 4) is 11.6 Å². The van der Waals surface area contributed by atoms with E-state index in [0.717, 1.165) is 22.5 Å². The highest BCUT2D eigenvalue weighted by Crippen LogP contribution is 2.40. The van der Waals surface area contributed by atoms with Crippen molar-refractivity contribution in [2.24, 2.45) is 0 Å². The van der Waals surface area contributed by atoms with Crippen molar-refractivity contribution in [3.63, 3.8) is 0 Å². The highest BCUT2D eigenvalue weighted by molar-refractivity contribution is 8.27. The van der Waals surface area contributed by atoms with Crippen LogP contribution in [0.1, 0.15) is 11.1 Å². The zero-order valence-corrected chi connectivity index (χ0v) is 20.0. The van der Waals surface area contributed by atoms with E-state index in [-0.39, 0.29) is 17.1 Å². The van der Waals surface area contributed by atoms with Gasteiger partial charge in [-0.1, -0.05) is 72.0 Å². The Morgan fingerprint density at radius 1 is 1.12 bits per heavy atom. The number of fused-ring (bicyclic) bond motifs is 1. The van der Waals surface area contributed by atoms with Crippen LogP contribution in [-0.2, 0) is 4.79 Å². The molecular formula is C25H15ClFN3O2S2. The number of hydrogen-bond acceptors (Lipinski definition) is 6. The smallest absolute Gasteiger partial charge is 0.270 e. The fraction of sp³-hybridized carbons (Fsp3) is 0.0400. The first kappa shape index (κ1) is 22.5. The van der Waals surface area contributed by atoms with Crippen LogP contribution in [0.5, 0.6) is 11.6 Å². The van der Waals surface area contributed by atoms with Gasteiger partial charge in [0.2, 0.25) is 11.1 Å². The standard InChI is InChI=1S/C25H15ClFN3O2S2/c1-14-6-9-16(10-7-14)30-23(31)21(34-25(30)33)12-18-17-5-3-2-4-15(17)8-11-20(18)32-22-19(27)13-28-24(26)29-22/h2-13H,1H3/b21-12-. The van der Waals surface area contributed by atoms with Gasteiger partial charge in [0.05, 0.1) is 16.8 Å². The summed E-state index contributed by atoms with van der Waals surface area (Å²) >= 11 is 12.5. The van der Waals surface area contributed by atoms with Crippen molar-refractivity contribution in [1.29, 1.82) is 0 Å². The predicted molar refractivity (Wildman–Crippen MR) is 138 cm³/mol. The van der Waals surface area contributed by atoms with Gasteiger partial charge in [-0.2, -0.15) is 9.37 Å². The van der Waals surface area contributed by atoms with Crippen molar-refractivity contribution in [3.05, 3.63) is 94.0 Å². The minimum atomic E-state index is -0.755. The molecule has 0 saturated carbocycles. The maximum Gasteiger partial charge on any atom is 0.270 e. The van der Waals surface area contributed by atoms with Gasteiger partial charge in [0.25, 0.3) is 11.8 Å². The number of benzene rings is 3. The molecule has 0 N–H and O–H groups in total. The van der Waals surface area contributed by atoms with E-state index in [4.69, 9.17) is 28.6 Å². The molecule has 0 unspecified atom stereocenters. The number of carbonyl (C=O) groups excluding carboxylic acids is 1. The molecule has 168 valence electrons. The van der Waals surface area contributed by atoms with Gasteiger partial charge in [-0.25, -0.2) is 4.98 Å². The van der Waals surface area contributed by atoms with Crippen molar-refractivity contribution >= 4 is 68.3 Å². The van der Waals surface area contributed by atoms with Crippen LogP contribution in [0.25, 0.3) is 16.8 Å². The number of hydrogen-bond donors (Lipinski definition) is 0. The second-order valence-corrected chi connectivity index (χ2v) is 9.46. The number of aryl methyl sites for hydroxylation is 1. The minimum absolute atomic E-state index is 0.141. The van der Waals surface area contributed by atoms with Crippen LogP contribution < -0.4 is 9.64 Å². The number of nitrogens with zero attached hydrogens (tertiary/aromatic N) is 3. The Morgan fingerprint density at radius 3 is 2.68 bits per heavy atom. The third kappa shape index (κ3) is 4.27. The van der Waals surface area contributed by atoms with Gasteiger partial charge in [0.1, 0.15) is 5.75 Å². The van der Waals surface area contributed by atoms with E-state index in [1.54, 1.807) is 12.1 Å². The van der Waals surface area contributed by atoms with Crippen LogP contribution in [-0.4, -0.2) is 20.2 Å². The molecule has 1 fully saturated rings. The number of halogens is 2. The van der Waals surface area contributed by atoms with Gasteiger partial charge >= 0.3 is 0 Å². The molecule has 1 aromatic heterocycles. The van der Waals surface area contributed by atoms with Crippen molar-refractivity contribution < 1.29 is 13.9 Å². The van der Waals surface area contributed by atoms with Crippen LogP contribution in [0.3, 0.4) is 0 Å². The summed E-state index contributed by atoms with van der Waals surface area (Å²) < 4.78 is 20.5. The van der Waals surface area contributed by atoms with Crippen molar-refractivity contribution in [2.45, 2.75) is 6.92 Å². The molecule has 2 heterocycles. The summed E-state index contributed by atoms with van der Waals surface area (Å²) in [7, 11) is 0. The number of amides is 1. The van der Waals surface area contributed by atoms with Crippen LogP contribution in [0, 0.1) is 12.7 Å². The van der Waals surface area contributed by atoms with Gasteiger partial charge in [0, 0.05) is 5.56 Å². The van der Waals surface area contributed by atoms with E-state index in [1.165, 1.54) is 16.7 Å². The van der Waals surface area contributed by atoms with E-state index >= 15 is 0 Å². The molecule has 5 rings (SSSR count). The first-order valence-electron chi connectivity index (χ1n) is 10.1. The molecular weight excluding hydrogens is 493 g/mol. The van der Waals surface area contributed by atoms with E-state index in [0.29, 0.717) is 26.2 Å². The number of aromatic nitrogens is 2. The topological polar surface area (TPSA) is 55.3 Å². The number of rotatable bonds is 4. The summed E-state index contributed by atoms with van der Waals surface area (Å²) in [6.07, 6.45) is 2.66. The lowest BCUT2D eigenvalue weighted by molar-refractivity contribution is -0.113. The molecule has 1 amide bonds. The Bertz CT molecular complexity index is 1490. The van der Waals surface area contributed by atoms with Crippen LogP contribution >= 0.6 is 35.6 Å². The molecule has 0 bridgehead atoms. The Balaban J connectivity index is 1.60. The Labute approximate surface area is 209 Å². The largest absolute Gasteiger partial charge is 0.436 e. The lowest BCUT2D eigenvalue weighted by Gasteiger charge is -2.14. The lowest BCUT2D eigenvalue weighted by Crippen LogP contribution is -2.27. The maximum atomic E-state index is 14.3. The molecule has 5 nitrogen and oxygen atoms in total. The van der Waals surface area contributed by atoms with Crippen LogP contribution in [0.4, 0.5) is 10.1 Å². The monoisotopic (exact) mass is 507 g/mol. The molecule has 1 aliphatic rings. The van der Waals surface area contributed by atoms with E-state index in [2.05, 4.69) is 9.97 Å². The summed E-state index contributed by atoms with van der Waals surface area (Å²) in [5, 5.41) is 1.61. The van der Waals surface area contributed by atoms with Crippen molar-refractivity contribution in [2.75, 3.05) is 4.90 Å². The van der Waals surface area contributed by atoms with E-state index in [9.17, 15) is 9.18 Å². The molecule has 9 heteroatoms. The second kappa shape index (κ2) is 9.13. The molecule has 3 aromatic carbocycles. The highest BCUT2D eigenvalue weighted by atomic mass is 35.5. The second-order valence-electron chi connectivity index (χ2n) is 7.45. The first-order chi connectivity index (χ1) is 16.4. The van der Waals surface area contributed by atoms with Gasteiger partial charge in [0.15, 0.2) is 4.32 Å². The number of thioether (sulfide) groups is 1. The van der Waals surface area contributed by atoms with Gasteiger partial charge < -0.3 is 4.74 Å². The lowest BCUT2D eigenvalue weighted by atomic mass is 10.0. The van der Waals surface area contributed by atoms with Crippen molar-refractivity contribution in [1.82, 2.24) is 9.97 Å². The molecule has 1 saturated heterocycles. The Hall–Kier alpha value is -3.33. The number of anilines is 1. The van der Waals surface area contributed by atoms with Crippen LogP contribution in [0.15, 0.2) is 71.8 Å². The summed E-state index contributed by atoms with van der Waals surface area (Å²) in [4.78, 5) is 22.7. The third-order valence-corrected chi connectivity index (χ3v) is 6.67. The molecule has 0 aliphatic carbocycles. The van der Waals surface area contributed by atoms with Gasteiger partial charge in [-0.15, -0.1) is 0 Å². The first-order valence-corrected chi connectivity index (χ1v) is 11.7. The summed E-state index contributed by atoms with van der Waals surface area (Å²) in [5.41, 5.74) is 2.37. The maximum absolute atomic E-state index is 14.3. The SMILES string of the molecule is Cc1ccc(N2C(=O)/C(=C/c3c(Oc4nc(Cl)ncc4F)ccc4ccccc34)SC2=S)cc1. The summed E-state index contributed by atoms with van der Waals surface area (Å²) in [5.74, 6) is -0.992. The quantitative estimate of drug-likeness (QED) is 0.169. The fourth-order valence-electron chi connectivity index (χ4n) is 3.54. The fourth-order valence-corrected chi connectivity index (χ4v) is 4.94. The Kier molecular flexibility index (Phi) is 6.03. The predicted octanol–water partition coefficient (Wildman–Crippen LogP) is 6.93. The van der Waals surface area contributed by atoms with E-state index < -0.39 is 5.82 Å². The zero-order chi connectivity index (χ0) is 23.8. The van der Waals surface area contributed by atoms with Gasteiger partial charge in [-0.05, 0) is 53.6 Å². The number of ether oxygens (including phenoxy) is 1. The molecule has 1 aliphatic heterocycles.